The highest BCUT2D eigenvalue weighted by Crippen LogP contribution is 2.18. The van der Waals surface area contributed by atoms with Crippen LogP contribution in [0, 0.1) is 5.41 Å². The molecule has 0 heterocycles. The summed E-state index contributed by atoms with van der Waals surface area (Å²) in [5, 5.41) is 35.3. The van der Waals surface area contributed by atoms with Gasteiger partial charge in [0.05, 0.1) is 24.4 Å². The van der Waals surface area contributed by atoms with E-state index in [1.165, 1.54) is 0 Å². The van der Waals surface area contributed by atoms with E-state index in [2.05, 4.69) is 0 Å². The van der Waals surface area contributed by atoms with Crippen LogP contribution in [0.25, 0.3) is 0 Å². The molecule has 0 aliphatic carbocycles. The van der Waals surface area contributed by atoms with Crippen LogP contribution in [0.3, 0.4) is 0 Å². The first-order valence-electron chi connectivity index (χ1n) is 5.49. The molecule has 0 aromatic carbocycles. The summed E-state index contributed by atoms with van der Waals surface area (Å²) in [4.78, 5) is 0. The highest BCUT2D eigenvalue weighted by molar-refractivity contribution is 4.76. The Morgan fingerprint density at radius 2 is 0.938 bits per heavy atom. The molecule has 0 aromatic heterocycles. The van der Waals surface area contributed by atoms with Gasteiger partial charge in [0, 0.05) is 11.8 Å². The Kier molecular flexibility index (Phi) is 7.45. The van der Waals surface area contributed by atoms with Crippen molar-refractivity contribution < 1.29 is 20.4 Å². The van der Waals surface area contributed by atoms with Crippen LogP contribution >= 0.6 is 0 Å². The second-order valence-corrected chi connectivity index (χ2v) is 6.28. The Hall–Kier alpha value is -0.160. The van der Waals surface area contributed by atoms with Crippen LogP contribution in [0.2, 0.25) is 0 Å². The largest absolute Gasteiger partial charge is 0.396 e. The summed E-state index contributed by atoms with van der Waals surface area (Å²) in [7, 11) is 0. The van der Waals surface area contributed by atoms with E-state index < -0.39 is 11.2 Å². The monoisotopic (exact) mass is 236 g/mol. The average Bonchev–Trinajstić information content (AvgIpc) is 1.99. The minimum atomic E-state index is -0.766. The zero-order valence-corrected chi connectivity index (χ0v) is 11.4. The molecule has 0 bridgehead atoms. The SMILES string of the molecule is CC(C)(CO)CO.CC(C)(O)CC(C)(C)O. The maximum Gasteiger partial charge on any atom is 0.0618 e. The summed E-state index contributed by atoms with van der Waals surface area (Å²) in [6.45, 7) is 10.4. The molecular formula is C12H28O4. The van der Waals surface area contributed by atoms with Gasteiger partial charge in [-0.15, -0.1) is 0 Å². The van der Waals surface area contributed by atoms with Gasteiger partial charge in [-0.05, 0) is 27.7 Å². The molecule has 0 amide bonds. The van der Waals surface area contributed by atoms with Gasteiger partial charge in [-0.3, -0.25) is 0 Å². The smallest absolute Gasteiger partial charge is 0.0618 e. The standard InChI is InChI=1S/C7H16O2.C5H12O2/c1-6(2,8)5-7(3,4)9;1-5(2,3-6)4-7/h8-9H,5H2,1-4H3;6-7H,3-4H2,1-2H3. The lowest BCUT2D eigenvalue weighted by molar-refractivity contribution is -0.0244. The van der Waals surface area contributed by atoms with Crippen LogP contribution < -0.4 is 0 Å². The molecule has 0 fully saturated rings. The van der Waals surface area contributed by atoms with Crippen molar-refractivity contribution in [3.63, 3.8) is 0 Å². The predicted molar refractivity (Wildman–Crippen MR) is 65.2 cm³/mol. The molecule has 0 saturated carbocycles. The number of hydrogen-bond acceptors (Lipinski definition) is 4. The van der Waals surface area contributed by atoms with Crippen LogP contribution in [-0.2, 0) is 0 Å². The third-order valence-corrected chi connectivity index (χ3v) is 1.72. The Morgan fingerprint density at radius 1 is 0.688 bits per heavy atom. The highest BCUT2D eigenvalue weighted by atomic mass is 16.3. The minimum absolute atomic E-state index is 0.0451. The van der Waals surface area contributed by atoms with E-state index in [4.69, 9.17) is 10.2 Å². The van der Waals surface area contributed by atoms with Crippen molar-refractivity contribution in [2.24, 2.45) is 5.41 Å². The average molecular weight is 236 g/mol. The van der Waals surface area contributed by atoms with Crippen LogP contribution in [0.4, 0.5) is 0 Å². The van der Waals surface area contributed by atoms with Gasteiger partial charge in [-0.25, -0.2) is 0 Å². The molecule has 0 aliphatic rings. The minimum Gasteiger partial charge on any atom is -0.396 e. The summed E-state index contributed by atoms with van der Waals surface area (Å²) in [5.41, 5.74) is -1.84. The van der Waals surface area contributed by atoms with E-state index in [1.807, 2.05) is 0 Å². The fraction of sp³-hybridized carbons (Fsp3) is 1.00. The summed E-state index contributed by atoms with van der Waals surface area (Å²) in [5.74, 6) is 0. The lowest BCUT2D eigenvalue weighted by atomic mass is 9.93. The van der Waals surface area contributed by atoms with E-state index in [-0.39, 0.29) is 18.6 Å². The van der Waals surface area contributed by atoms with Crippen LogP contribution in [0.15, 0.2) is 0 Å². The quantitative estimate of drug-likeness (QED) is 0.585. The topological polar surface area (TPSA) is 80.9 Å². The zero-order valence-electron chi connectivity index (χ0n) is 11.4. The zero-order chi connectivity index (χ0) is 13.6. The highest BCUT2D eigenvalue weighted by Gasteiger charge is 2.23. The van der Waals surface area contributed by atoms with Gasteiger partial charge < -0.3 is 20.4 Å². The molecule has 0 saturated heterocycles. The Bertz CT molecular complexity index is 156. The van der Waals surface area contributed by atoms with Crippen LogP contribution in [0.5, 0.6) is 0 Å². The van der Waals surface area contributed by atoms with Gasteiger partial charge in [0.1, 0.15) is 0 Å². The summed E-state index contributed by atoms with van der Waals surface area (Å²) in [6, 6.07) is 0. The molecule has 0 unspecified atom stereocenters. The normalized spacial score (nSPS) is 13.1. The second-order valence-electron chi connectivity index (χ2n) is 6.28. The van der Waals surface area contributed by atoms with Gasteiger partial charge >= 0.3 is 0 Å². The molecule has 0 atom stereocenters. The molecule has 100 valence electrons. The molecular weight excluding hydrogens is 208 g/mol. The summed E-state index contributed by atoms with van der Waals surface area (Å²) in [6.07, 6.45) is 0.403. The van der Waals surface area contributed by atoms with E-state index in [1.54, 1.807) is 41.5 Å². The third kappa shape index (κ3) is 16.3. The first-order valence-corrected chi connectivity index (χ1v) is 5.49. The number of hydrogen-bond donors (Lipinski definition) is 4. The van der Waals surface area contributed by atoms with Crippen molar-refractivity contribution in [2.75, 3.05) is 13.2 Å². The summed E-state index contributed by atoms with van der Waals surface area (Å²) < 4.78 is 0. The van der Waals surface area contributed by atoms with Crippen molar-refractivity contribution in [2.45, 2.75) is 59.2 Å². The fourth-order valence-electron chi connectivity index (χ4n) is 1.11. The summed E-state index contributed by atoms with van der Waals surface area (Å²) >= 11 is 0. The number of aliphatic hydroxyl groups excluding tert-OH is 2. The number of aliphatic hydroxyl groups is 4. The molecule has 4 heteroatoms. The van der Waals surface area contributed by atoms with Crippen molar-refractivity contribution in [1.82, 2.24) is 0 Å². The third-order valence-electron chi connectivity index (χ3n) is 1.72. The molecule has 16 heavy (non-hydrogen) atoms. The lowest BCUT2D eigenvalue weighted by Crippen LogP contribution is -2.32. The van der Waals surface area contributed by atoms with Gasteiger partial charge in [-0.2, -0.15) is 0 Å². The molecule has 4 nitrogen and oxygen atoms in total. The van der Waals surface area contributed by atoms with Crippen molar-refractivity contribution in [3.8, 4) is 0 Å². The van der Waals surface area contributed by atoms with E-state index in [9.17, 15) is 10.2 Å². The van der Waals surface area contributed by atoms with E-state index >= 15 is 0 Å². The molecule has 0 aliphatic heterocycles. The van der Waals surface area contributed by atoms with Gasteiger partial charge in [0.15, 0.2) is 0 Å². The van der Waals surface area contributed by atoms with E-state index in [0.29, 0.717) is 6.42 Å². The Balaban J connectivity index is 0. The van der Waals surface area contributed by atoms with Gasteiger partial charge in [-0.1, -0.05) is 13.8 Å². The van der Waals surface area contributed by atoms with Crippen molar-refractivity contribution >= 4 is 0 Å². The van der Waals surface area contributed by atoms with Gasteiger partial charge in [0.25, 0.3) is 0 Å². The Morgan fingerprint density at radius 3 is 0.938 bits per heavy atom. The number of rotatable bonds is 4. The first kappa shape index (κ1) is 18.2. The lowest BCUT2D eigenvalue weighted by Gasteiger charge is -2.26. The van der Waals surface area contributed by atoms with Crippen LogP contribution in [0.1, 0.15) is 48.0 Å². The first-order chi connectivity index (χ1) is 6.83. The Labute approximate surface area is 98.9 Å². The van der Waals surface area contributed by atoms with E-state index in [0.717, 1.165) is 0 Å². The van der Waals surface area contributed by atoms with Crippen molar-refractivity contribution in [1.29, 1.82) is 0 Å². The molecule has 0 spiro atoms. The second kappa shape index (κ2) is 6.55. The molecule has 4 N–H and O–H groups in total. The fourth-order valence-corrected chi connectivity index (χ4v) is 1.11. The van der Waals surface area contributed by atoms with Gasteiger partial charge in [0.2, 0.25) is 0 Å². The molecule has 0 aromatic rings. The van der Waals surface area contributed by atoms with Crippen LogP contribution in [-0.4, -0.2) is 44.8 Å². The maximum atomic E-state index is 9.19. The predicted octanol–water partition coefficient (Wildman–Crippen LogP) is 0.915. The van der Waals surface area contributed by atoms with Crippen molar-refractivity contribution in [3.05, 3.63) is 0 Å². The maximum absolute atomic E-state index is 9.19. The molecule has 0 rings (SSSR count). The molecule has 0 radical (unpaired) electrons.